The van der Waals surface area contributed by atoms with Gasteiger partial charge in [-0.1, -0.05) is 36.7 Å². The first-order valence-corrected chi connectivity index (χ1v) is 7.27. The van der Waals surface area contributed by atoms with Crippen LogP contribution >= 0.6 is 11.6 Å². The van der Waals surface area contributed by atoms with Crippen molar-refractivity contribution in [2.45, 2.75) is 19.9 Å². The summed E-state index contributed by atoms with van der Waals surface area (Å²) in [6.45, 7) is 4.68. The molecule has 21 heavy (non-hydrogen) atoms. The molecular weight excluding hydrogens is 289 g/mol. The van der Waals surface area contributed by atoms with Gasteiger partial charge in [-0.25, -0.2) is 4.39 Å². The van der Waals surface area contributed by atoms with E-state index >= 15 is 0 Å². The number of aryl methyl sites for hydroxylation is 1. The van der Waals surface area contributed by atoms with Crippen molar-refractivity contribution in [2.24, 2.45) is 0 Å². The van der Waals surface area contributed by atoms with Crippen LogP contribution in [0.3, 0.4) is 0 Å². The van der Waals surface area contributed by atoms with Crippen molar-refractivity contribution in [1.82, 2.24) is 5.32 Å². The van der Waals surface area contributed by atoms with Gasteiger partial charge in [-0.05, 0) is 42.8 Å². The highest BCUT2D eigenvalue weighted by Crippen LogP contribution is 2.31. The summed E-state index contributed by atoms with van der Waals surface area (Å²) in [5.41, 5.74) is 2.54. The second-order valence-corrected chi connectivity index (χ2v) is 5.35. The molecule has 2 aromatic carbocycles. The maximum absolute atomic E-state index is 14.5. The smallest absolute Gasteiger partial charge is 0.170 e. The number of rotatable bonds is 5. The van der Waals surface area contributed by atoms with Crippen LogP contribution in [0.2, 0.25) is 5.02 Å². The third-order valence-corrected chi connectivity index (χ3v) is 3.55. The third kappa shape index (κ3) is 3.55. The zero-order valence-electron chi connectivity index (χ0n) is 12.4. The molecule has 2 rings (SSSR count). The second kappa shape index (κ2) is 6.92. The van der Waals surface area contributed by atoms with Crippen LogP contribution in [-0.2, 0) is 0 Å². The van der Waals surface area contributed by atoms with Crippen molar-refractivity contribution in [3.8, 4) is 5.75 Å². The van der Waals surface area contributed by atoms with Crippen molar-refractivity contribution in [3.63, 3.8) is 0 Å². The fourth-order valence-electron chi connectivity index (χ4n) is 2.45. The van der Waals surface area contributed by atoms with Gasteiger partial charge in [-0.3, -0.25) is 0 Å². The topological polar surface area (TPSA) is 21.3 Å². The molecule has 1 N–H and O–H groups in total. The molecule has 0 aromatic heterocycles. The molecule has 0 radical (unpaired) electrons. The van der Waals surface area contributed by atoms with E-state index < -0.39 is 0 Å². The number of ether oxygens (including phenoxy) is 1. The Bertz CT molecular complexity index is 610. The summed E-state index contributed by atoms with van der Waals surface area (Å²) in [7, 11) is 1.47. The predicted molar refractivity (Wildman–Crippen MR) is 84.7 cm³/mol. The Morgan fingerprint density at radius 3 is 2.67 bits per heavy atom. The first kappa shape index (κ1) is 15.8. The summed E-state index contributed by atoms with van der Waals surface area (Å²) in [5, 5.41) is 3.96. The minimum Gasteiger partial charge on any atom is -0.494 e. The number of methoxy groups -OCH3 is 1. The van der Waals surface area contributed by atoms with E-state index in [-0.39, 0.29) is 17.6 Å². The Labute approximate surface area is 129 Å². The van der Waals surface area contributed by atoms with Gasteiger partial charge in [0.2, 0.25) is 0 Å². The van der Waals surface area contributed by atoms with Gasteiger partial charge in [-0.2, -0.15) is 0 Å². The van der Waals surface area contributed by atoms with Crippen LogP contribution in [0, 0.1) is 12.7 Å². The molecule has 0 bridgehead atoms. The lowest BCUT2D eigenvalue weighted by atomic mass is 9.96. The van der Waals surface area contributed by atoms with Crippen LogP contribution in [0.4, 0.5) is 4.39 Å². The van der Waals surface area contributed by atoms with Gasteiger partial charge in [0, 0.05) is 10.6 Å². The maximum atomic E-state index is 14.5. The highest BCUT2D eigenvalue weighted by atomic mass is 35.5. The normalized spacial score (nSPS) is 12.2. The van der Waals surface area contributed by atoms with E-state index in [4.69, 9.17) is 16.3 Å². The molecule has 0 heterocycles. The standard InChI is InChI=1S/C17H19ClFNO/c1-4-20-17(12-8-11(2)9-13(18)10-12)14-6-5-7-15(21-3)16(14)19/h5-10,17,20H,4H2,1-3H3. The summed E-state index contributed by atoms with van der Waals surface area (Å²) in [4.78, 5) is 0. The van der Waals surface area contributed by atoms with E-state index in [1.165, 1.54) is 7.11 Å². The summed E-state index contributed by atoms with van der Waals surface area (Å²) >= 11 is 6.13. The van der Waals surface area contributed by atoms with Crippen LogP contribution in [0.25, 0.3) is 0 Å². The van der Waals surface area contributed by atoms with Crippen molar-refractivity contribution < 1.29 is 9.13 Å². The number of nitrogens with one attached hydrogen (secondary N) is 1. The van der Waals surface area contributed by atoms with Gasteiger partial charge in [0.15, 0.2) is 11.6 Å². The molecule has 1 unspecified atom stereocenters. The minimum atomic E-state index is -0.344. The van der Waals surface area contributed by atoms with E-state index in [1.807, 2.05) is 32.0 Å². The maximum Gasteiger partial charge on any atom is 0.170 e. The summed E-state index contributed by atoms with van der Waals surface area (Å²) in [5.74, 6) is -0.0993. The Morgan fingerprint density at radius 1 is 1.29 bits per heavy atom. The molecule has 0 amide bonds. The van der Waals surface area contributed by atoms with Gasteiger partial charge in [0.05, 0.1) is 13.2 Å². The summed E-state index contributed by atoms with van der Waals surface area (Å²) in [6.07, 6.45) is 0. The van der Waals surface area contributed by atoms with Crippen molar-refractivity contribution in [1.29, 1.82) is 0 Å². The van der Waals surface area contributed by atoms with E-state index in [9.17, 15) is 4.39 Å². The molecule has 0 aliphatic heterocycles. The van der Waals surface area contributed by atoms with Crippen LogP contribution in [-0.4, -0.2) is 13.7 Å². The largest absolute Gasteiger partial charge is 0.494 e. The van der Waals surface area contributed by atoms with E-state index in [1.54, 1.807) is 18.2 Å². The molecular formula is C17H19ClFNO. The second-order valence-electron chi connectivity index (χ2n) is 4.92. The van der Waals surface area contributed by atoms with Gasteiger partial charge >= 0.3 is 0 Å². The lowest BCUT2D eigenvalue weighted by Crippen LogP contribution is -2.23. The van der Waals surface area contributed by atoms with Crippen LogP contribution in [0.1, 0.15) is 29.7 Å². The zero-order chi connectivity index (χ0) is 15.4. The predicted octanol–water partition coefficient (Wildman–Crippen LogP) is 4.50. The Hall–Kier alpha value is -1.58. The lowest BCUT2D eigenvalue weighted by Gasteiger charge is -2.21. The van der Waals surface area contributed by atoms with Gasteiger partial charge in [0.1, 0.15) is 0 Å². The summed E-state index contributed by atoms with van der Waals surface area (Å²) < 4.78 is 19.6. The first-order chi connectivity index (χ1) is 10.1. The van der Waals surface area contributed by atoms with Crippen LogP contribution in [0.5, 0.6) is 5.75 Å². The SMILES string of the molecule is CCNC(c1cc(C)cc(Cl)c1)c1cccc(OC)c1F. The van der Waals surface area contributed by atoms with Crippen molar-refractivity contribution >= 4 is 11.6 Å². The summed E-state index contributed by atoms with van der Waals surface area (Å²) in [6, 6.07) is 10.7. The molecule has 112 valence electrons. The fraction of sp³-hybridized carbons (Fsp3) is 0.294. The van der Waals surface area contributed by atoms with E-state index in [0.717, 1.165) is 11.1 Å². The number of halogens is 2. The Morgan fingerprint density at radius 2 is 2.05 bits per heavy atom. The highest BCUT2D eigenvalue weighted by Gasteiger charge is 2.20. The monoisotopic (exact) mass is 307 g/mol. The quantitative estimate of drug-likeness (QED) is 0.878. The van der Waals surface area contributed by atoms with E-state index in [0.29, 0.717) is 17.1 Å². The van der Waals surface area contributed by atoms with Crippen LogP contribution in [0.15, 0.2) is 36.4 Å². The third-order valence-electron chi connectivity index (χ3n) is 3.33. The van der Waals surface area contributed by atoms with Gasteiger partial charge in [-0.15, -0.1) is 0 Å². The number of benzene rings is 2. The molecule has 2 nitrogen and oxygen atoms in total. The average molecular weight is 308 g/mol. The first-order valence-electron chi connectivity index (χ1n) is 6.89. The molecule has 1 atom stereocenters. The molecule has 0 aliphatic rings. The van der Waals surface area contributed by atoms with E-state index in [2.05, 4.69) is 5.32 Å². The Balaban J connectivity index is 2.53. The highest BCUT2D eigenvalue weighted by molar-refractivity contribution is 6.30. The lowest BCUT2D eigenvalue weighted by molar-refractivity contribution is 0.381. The number of hydrogen-bond acceptors (Lipinski definition) is 2. The fourth-order valence-corrected chi connectivity index (χ4v) is 2.75. The van der Waals surface area contributed by atoms with Crippen LogP contribution < -0.4 is 10.1 Å². The molecule has 0 spiro atoms. The molecule has 2 aromatic rings. The zero-order valence-corrected chi connectivity index (χ0v) is 13.2. The van der Waals surface area contributed by atoms with Gasteiger partial charge in [0.25, 0.3) is 0 Å². The average Bonchev–Trinajstić information content (AvgIpc) is 2.44. The molecule has 0 aliphatic carbocycles. The minimum absolute atomic E-state index is 0.245. The Kier molecular flexibility index (Phi) is 5.21. The van der Waals surface area contributed by atoms with Crippen molar-refractivity contribution in [3.05, 3.63) is 63.9 Å². The molecule has 0 fully saturated rings. The molecule has 4 heteroatoms. The van der Waals surface area contributed by atoms with Gasteiger partial charge < -0.3 is 10.1 Å². The molecule has 0 saturated heterocycles. The molecule has 0 saturated carbocycles. The van der Waals surface area contributed by atoms with Crippen molar-refractivity contribution in [2.75, 3.05) is 13.7 Å². The number of hydrogen-bond donors (Lipinski definition) is 1.